The number of amides is 2. The van der Waals surface area contributed by atoms with E-state index in [9.17, 15) is 36.6 Å². The fraction of sp³-hybridized carbons (Fsp3) is 0.105. The molecular weight excluding hydrogens is 525 g/mol. The number of phenolic OH excluding ortho intramolecular Hbond substituents is 1. The third-order valence-electron chi connectivity index (χ3n) is 4.04. The average molecular weight is 536 g/mol. The minimum atomic E-state index is -2.36. The van der Waals surface area contributed by atoms with Crippen LogP contribution in [0.25, 0.3) is 11.3 Å². The highest BCUT2D eigenvalue weighted by atomic mass is 79.9. The maximum Gasteiger partial charge on any atom is 0.263 e. The normalized spacial score (nSPS) is 10.8. The quantitative estimate of drug-likeness (QED) is 0.244. The van der Waals surface area contributed by atoms with Gasteiger partial charge in [-0.05, 0) is 25.1 Å². The molecule has 1 heterocycles. The van der Waals surface area contributed by atoms with Gasteiger partial charge in [-0.25, -0.2) is 26.9 Å². The molecule has 168 valence electrons. The predicted octanol–water partition coefficient (Wildman–Crippen LogP) is 4.98. The van der Waals surface area contributed by atoms with Crippen molar-refractivity contribution in [2.24, 2.45) is 0 Å². The Morgan fingerprint density at radius 3 is 2.22 bits per heavy atom. The van der Waals surface area contributed by atoms with Crippen LogP contribution < -0.4 is 10.6 Å². The van der Waals surface area contributed by atoms with E-state index < -0.39 is 62.8 Å². The fourth-order valence-corrected chi connectivity index (χ4v) is 3.85. The van der Waals surface area contributed by atoms with Crippen LogP contribution in [-0.2, 0) is 0 Å². The number of benzene rings is 2. The number of nitrogens with one attached hydrogen (secondary N) is 2. The number of carbonyl (C=O) groups is 2. The second kappa shape index (κ2) is 9.20. The van der Waals surface area contributed by atoms with Crippen molar-refractivity contribution < 1.29 is 36.6 Å². The van der Waals surface area contributed by atoms with Crippen molar-refractivity contribution in [1.82, 2.24) is 10.3 Å². The number of carbonyl (C=O) groups excluding carboxylic acids is 2. The molecule has 6 nitrogen and oxygen atoms in total. The lowest BCUT2D eigenvalue weighted by atomic mass is 10.1. The highest BCUT2D eigenvalue weighted by molar-refractivity contribution is 9.10. The summed E-state index contributed by atoms with van der Waals surface area (Å²) in [6, 6.07) is 3.96. The highest BCUT2D eigenvalue weighted by Gasteiger charge is 2.32. The Labute approximate surface area is 189 Å². The summed E-state index contributed by atoms with van der Waals surface area (Å²) in [7, 11) is 0. The first-order valence-electron chi connectivity index (χ1n) is 8.67. The molecule has 0 fully saturated rings. The summed E-state index contributed by atoms with van der Waals surface area (Å²) < 4.78 is 69.9. The van der Waals surface area contributed by atoms with Crippen molar-refractivity contribution in [3.05, 3.63) is 62.2 Å². The molecule has 0 atom stereocenters. The van der Waals surface area contributed by atoms with Gasteiger partial charge in [0.1, 0.15) is 16.3 Å². The molecule has 0 bridgehead atoms. The van der Waals surface area contributed by atoms with Gasteiger partial charge < -0.3 is 10.4 Å². The minimum Gasteiger partial charge on any atom is -0.507 e. The van der Waals surface area contributed by atoms with Gasteiger partial charge >= 0.3 is 0 Å². The molecule has 3 rings (SSSR count). The van der Waals surface area contributed by atoms with Crippen molar-refractivity contribution in [3.8, 4) is 17.0 Å². The third-order valence-corrected chi connectivity index (χ3v) is 5.50. The smallest absolute Gasteiger partial charge is 0.263 e. The minimum absolute atomic E-state index is 0.0842. The second-order valence-corrected chi connectivity index (χ2v) is 8.03. The van der Waals surface area contributed by atoms with E-state index in [4.69, 9.17) is 0 Å². The summed E-state index contributed by atoms with van der Waals surface area (Å²) in [5.74, 6) is -13.3. The van der Waals surface area contributed by atoms with Crippen LogP contribution in [0.15, 0.2) is 22.7 Å². The molecule has 0 saturated carbocycles. The summed E-state index contributed by atoms with van der Waals surface area (Å²) in [4.78, 5) is 28.1. The molecule has 0 unspecified atom stereocenters. The van der Waals surface area contributed by atoms with Crippen molar-refractivity contribution in [2.75, 3.05) is 11.9 Å². The molecule has 0 aliphatic rings. The van der Waals surface area contributed by atoms with Gasteiger partial charge in [-0.15, -0.1) is 0 Å². The van der Waals surface area contributed by atoms with Crippen LogP contribution in [0.2, 0.25) is 0 Å². The van der Waals surface area contributed by atoms with Crippen molar-refractivity contribution >= 4 is 44.2 Å². The molecule has 3 aromatic rings. The van der Waals surface area contributed by atoms with E-state index >= 15 is 0 Å². The van der Waals surface area contributed by atoms with Crippen LogP contribution in [0.3, 0.4) is 0 Å². The number of aromatic nitrogens is 1. The maximum atomic E-state index is 14.3. The SMILES string of the molecule is CCNC(=O)c1sc(NC(=O)c2cc(Br)ccc2O)nc1-c1c(F)c(F)c(F)c(F)c1F. The number of hydrogen-bond donors (Lipinski definition) is 3. The van der Waals surface area contributed by atoms with Crippen LogP contribution in [0.4, 0.5) is 27.1 Å². The van der Waals surface area contributed by atoms with E-state index in [-0.39, 0.29) is 17.2 Å². The summed E-state index contributed by atoms with van der Waals surface area (Å²) in [5.41, 5.74) is -2.46. The van der Waals surface area contributed by atoms with Crippen molar-refractivity contribution in [1.29, 1.82) is 0 Å². The van der Waals surface area contributed by atoms with Crippen LogP contribution in [0, 0.1) is 29.1 Å². The summed E-state index contributed by atoms with van der Waals surface area (Å²) in [6.07, 6.45) is 0. The van der Waals surface area contributed by atoms with Crippen LogP contribution in [0.5, 0.6) is 5.75 Å². The number of aromatic hydroxyl groups is 1. The summed E-state index contributed by atoms with van der Waals surface area (Å²) in [5, 5.41) is 14.0. The highest BCUT2D eigenvalue weighted by Crippen LogP contribution is 2.37. The molecule has 0 aliphatic heterocycles. The molecule has 1 aromatic heterocycles. The lowest BCUT2D eigenvalue weighted by Crippen LogP contribution is -2.22. The number of hydrogen-bond acceptors (Lipinski definition) is 5. The van der Waals surface area contributed by atoms with E-state index in [0.717, 1.165) is 0 Å². The molecule has 0 aliphatic carbocycles. The number of halogens is 6. The molecule has 0 saturated heterocycles. The van der Waals surface area contributed by atoms with Gasteiger partial charge in [-0.1, -0.05) is 27.3 Å². The van der Waals surface area contributed by atoms with Crippen LogP contribution >= 0.6 is 27.3 Å². The number of anilines is 1. The zero-order chi connectivity index (χ0) is 23.7. The first-order valence-corrected chi connectivity index (χ1v) is 10.3. The Hall–Kier alpha value is -3.06. The Morgan fingerprint density at radius 2 is 1.62 bits per heavy atom. The Morgan fingerprint density at radius 1 is 1.03 bits per heavy atom. The molecule has 3 N–H and O–H groups in total. The van der Waals surface area contributed by atoms with Gasteiger partial charge in [0.2, 0.25) is 5.82 Å². The third kappa shape index (κ3) is 4.30. The van der Waals surface area contributed by atoms with E-state index in [2.05, 4.69) is 31.5 Å². The number of rotatable bonds is 5. The molecule has 2 amide bonds. The lowest BCUT2D eigenvalue weighted by Gasteiger charge is -2.08. The van der Waals surface area contributed by atoms with Gasteiger partial charge in [0, 0.05) is 11.0 Å². The van der Waals surface area contributed by atoms with E-state index in [1.165, 1.54) is 25.1 Å². The average Bonchev–Trinajstić information content (AvgIpc) is 3.16. The molecule has 2 aromatic carbocycles. The Bertz CT molecular complexity index is 1220. The Balaban J connectivity index is 2.14. The number of nitrogens with zero attached hydrogens (tertiary/aromatic N) is 1. The maximum absolute atomic E-state index is 14.3. The zero-order valence-corrected chi connectivity index (χ0v) is 18.2. The zero-order valence-electron chi connectivity index (χ0n) is 15.8. The summed E-state index contributed by atoms with van der Waals surface area (Å²) in [6.45, 7) is 1.62. The van der Waals surface area contributed by atoms with Crippen molar-refractivity contribution in [2.45, 2.75) is 6.92 Å². The van der Waals surface area contributed by atoms with Gasteiger partial charge in [-0.2, -0.15) is 0 Å². The fourth-order valence-electron chi connectivity index (χ4n) is 2.61. The number of thiazole rings is 1. The van der Waals surface area contributed by atoms with Gasteiger partial charge in [0.05, 0.1) is 11.1 Å². The monoisotopic (exact) mass is 535 g/mol. The molecule has 0 radical (unpaired) electrons. The van der Waals surface area contributed by atoms with Gasteiger partial charge in [-0.3, -0.25) is 14.9 Å². The lowest BCUT2D eigenvalue weighted by molar-refractivity contribution is 0.0959. The molecule has 0 spiro atoms. The van der Waals surface area contributed by atoms with E-state index in [0.29, 0.717) is 15.8 Å². The molecule has 13 heteroatoms. The van der Waals surface area contributed by atoms with E-state index in [1.807, 2.05) is 0 Å². The first-order chi connectivity index (χ1) is 15.1. The molecule has 32 heavy (non-hydrogen) atoms. The largest absolute Gasteiger partial charge is 0.507 e. The predicted molar refractivity (Wildman–Crippen MR) is 109 cm³/mol. The first kappa shape index (κ1) is 23.6. The van der Waals surface area contributed by atoms with Crippen molar-refractivity contribution in [3.63, 3.8) is 0 Å². The van der Waals surface area contributed by atoms with Crippen LogP contribution in [-0.4, -0.2) is 28.4 Å². The number of phenols is 1. The van der Waals surface area contributed by atoms with Crippen LogP contribution in [0.1, 0.15) is 27.0 Å². The van der Waals surface area contributed by atoms with Gasteiger partial charge in [0.15, 0.2) is 28.4 Å². The topological polar surface area (TPSA) is 91.3 Å². The summed E-state index contributed by atoms with van der Waals surface area (Å²) >= 11 is 3.57. The van der Waals surface area contributed by atoms with E-state index in [1.54, 1.807) is 0 Å². The molecular formula is C19H11BrF5N3O3S. The van der Waals surface area contributed by atoms with Gasteiger partial charge in [0.25, 0.3) is 11.8 Å². The Kier molecular flexibility index (Phi) is 6.79. The second-order valence-electron chi connectivity index (χ2n) is 6.12. The standard InChI is InChI=1S/C19H11BrF5N3O3S/c1-2-26-18(31)16-15(9-10(21)12(23)14(25)13(24)11(9)22)27-19(32-16)28-17(30)7-5-6(20)3-4-8(7)29/h3-5,29H,2H2,1H3,(H,26,31)(H,27,28,30).